The third-order valence-electron chi connectivity index (χ3n) is 5.72. The van der Waals surface area contributed by atoms with E-state index in [1.165, 1.54) is 32.1 Å². The lowest BCUT2D eigenvalue weighted by Crippen LogP contribution is -2.65. The smallest absolute Gasteiger partial charge is 0.163 e. The second-order valence-corrected chi connectivity index (χ2v) is 6.87. The third-order valence-corrected chi connectivity index (χ3v) is 5.72. The Balaban J connectivity index is 1.79. The summed E-state index contributed by atoms with van der Waals surface area (Å²) in [6, 6.07) is 0.644. The van der Waals surface area contributed by atoms with E-state index >= 15 is 0 Å². The van der Waals surface area contributed by atoms with Crippen molar-refractivity contribution in [3.05, 3.63) is 11.4 Å². The lowest BCUT2D eigenvalue weighted by molar-refractivity contribution is -0.103. The molecule has 118 valence electrons. The fourth-order valence-electron chi connectivity index (χ4n) is 4.39. The van der Waals surface area contributed by atoms with Crippen LogP contribution in [0.1, 0.15) is 56.8 Å². The van der Waals surface area contributed by atoms with E-state index in [0.29, 0.717) is 17.6 Å². The van der Waals surface area contributed by atoms with Gasteiger partial charge in [0.25, 0.3) is 0 Å². The monoisotopic (exact) mass is 291 g/mol. The Morgan fingerprint density at radius 1 is 1.29 bits per heavy atom. The second-order valence-electron chi connectivity index (χ2n) is 6.87. The van der Waals surface area contributed by atoms with Crippen molar-refractivity contribution in [1.29, 1.82) is 0 Å². The van der Waals surface area contributed by atoms with Crippen LogP contribution in [0.5, 0.6) is 5.75 Å². The third kappa shape index (κ3) is 2.37. The minimum absolute atomic E-state index is 0.364. The molecule has 0 amide bonds. The van der Waals surface area contributed by atoms with Gasteiger partial charge in [-0.3, -0.25) is 4.68 Å². The van der Waals surface area contributed by atoms with Crippen LogP contribution in [0.4, 0.5) is 0 Å². The molecule has 0 radical (unpaired) electrons. The molecule has 1 aromatic heterocycles. The molecule has 1 N–H and O–H groups in total. The number of aryl methyl sites for hydroxylation is 2. The minimum Gasteiger partial charge on any atom is -0.486 e. The number of rotatable bonds is 4. The lowest BCUT2D eigenvalue weighted by atomic mass is 9.55. The van der Waals surface area contributed by atoms with Crippen LogP contribution in [0.15, 0.2) is 0 Å². The van der Waals surface area contributed by atoms with Gasteiger partial charge in [0.1, 0.15) is 11.8 Å². The maximum absolute atomic E-state index is 6.48. The molecule has 21 heavy (non-hydrogen) atoms. The van der Waals surface area contributed by atoms with E-state index in [-0.39, 0.29) is 0 Å². The largest absolute Gasteiger partial charge is 0.486 e. The van der Waals surface area contributed by atoms with Gasteiger partial charge in [0.05, 0.1) is 5.69 Å². The maximum atomic E-state index is 6.48. The Hall–Kier alpha value is -1.03. The van der Waals surface area contributed by atoms with Crippen molar-refractivity contribution in [2.45, 2.75) is 71.4 Å². The first-order chi connectivity index (χ1) is 10.1. The quantitative estimate of drug-likeness (QED) is 0.926. The molecule has 4 heteroatoms. The number of hydrogen-bond acceptors (Lipinski definition) is 3. The number of ether oxygens (including phenoxy) is 1. The van der Waals surface area contributed by atoms with Crippen LogP contribution in [-0.4, -0.2) is 28.5 Å². The molecule has 2 unspecified atom stereocenters. The van der Waals surface area contributed by atoms with Gasteiger partial charge < -0.3 is 10.1 Å². The summed E-state index contributed by atoms with van der Waals surface area (Å²) in [5.74, 6) is 1.02. The Morgan fingerprint density at radius 2 is 2.00 bits per heavy atom. The van der Waals surface area contributed by atoms with E-state index in [2.05, 4.69) is 31.2 Å². The molecule has 1 spiro atoms. The van der Waals surface area contributed by atoms with Crippen LogP contribution < -0.4 is 10.1 Å². The molecule has 3 rings (SSSR count). The Morgan fingerprint density at radius 3 is 2.57 bits per heavy atom. The van der Waals surface area contributed by atoms with Crippen molar-refractivity contribution >= 4 is 0 Å². The molecule has 0 bridgehead atoms. The molecule has 1 heterocycles. The molecule has 2 aliphatic rings. The van der Waals surface area contributed by atoms with Gasteiger partial charge in [0.15, 0.2) is 5.75 Å². The van der Waals surface area contributed by atoms with Crippen molar-refractivity contribution in [2.24, 2.45) is 12.5 Å². The molecule has 2 fully saturated rings. The van der Waals surface area contributed by atoms with E-state index < -0.39 is 0 Å². The van der Waals surface area contributed by atoms with Crippen LogP contribution in [0, 0.1) is 19.3 Å². The summed E-state index contributed by atoms with van der Waals surface area (Å²) in [6.07, 6.45) is 8.23. The van der Waals surface area contributed by atoms with E-state index in [9.17, 15) is 0 Å². The van der Waals surface area contributed by atoms with Gasteiger partial charge in [-0.05, 0) is 33.2 Å². The predicted molar refractivity (Wildman–Crippen MR) is 84.7 cm³/mol. The zero-order valence-corrected chi connectivity index (χ0v) is 13.9. The van der Waals surface area contributed by atoms with Crippen molar-refractivity contribution < 1.29 is 4.74 Å². The first-order valence-electron chi connectivity index (χ1n) is 8.48. The summed E-state index contributed by atoms with van der Waals surface area (Å²) >= 11 is 0. The highest BCUT2D eigenvalue weighted by atomic mass is 16.5. The molecule has 2 aliphatic carbocycles. The van der Waals surface area contributed by atoms with Crippen LogP contribution in [0.3, 0.4) is 0 Å². The maximum Gasteiger partial charge on any atom is 0.163 e. The molecule has 4 nitrogen and oxygen atoms in total. The zero-order valence-electron chi connectivity index (χ0n) is 13.9. The summed E-state index contributed by atoms with van der Waals surface area (Å²) in [5.41, 5.74) is 2.53. The standard InChI is InChI=1S/C17H29N3O/c1-5-18-14-11-15(17(14)9-7-6-8-10-17)21-16-12(2)19-20(4)13(16)3/h14-15,18H,5-11H2,1-4H3. The van der Waals surface area contributed by atoms with Gasteiger partial charge in [0, 0.05) is 24.9 Å². The first kappa shape index (κ1) is 14.9. The molecule has 0 aliphatic heterocycles. The van der Waals surface area contributed by atoms with E-state index in [4.69, 9.17) is 4.74 Å². The molecular formula is C17H29N3O. The highest BCUT2D eigenvalue weighted by molar-refractivity contribution is 5.33. The van der Waals surface area contributed by atoms with Gasteiger partial charge in [-0.2, -0.15) is 5.10 Å². The second kappa shape index (κ2) is 5.64. The van der Waals surface area contributed by atoms with E-state index in [1.807, 2.05) is 11.7 Å². The lowest BCUT2D eigenvalue weighted by Gasteiger charge is -2.57. The zero-order chi connectivity index (χ0) is 15.0. The molecule has 0 saturated heterocycles. The Bertz CT molecular complexity index is 502. The summed E-state index contributed by atoms with van der Waals surface area (Å²) < 4.78 is 8.41. The fraction of sp³-hybridized carbons (Fsp3) is 0.824. The average molecular weight is 291 g/mol. The summed E-state index contributed by atoms with van der Waals surface area (Å²) in [6.45, 7) is 7.42. The van der Waals surface area contributed by atoms with Gasteiger partial charge >= 0.3 is 0 Å². The number of aromatic nitrogens is 2. The van der Waals surface area contributed by atoms with Gasteiger partial charge in [0.2, 0.25) is 0 Å². The average Bonchev–Trinajstić information content (AvgIpc) is 2.73. The highest BCUT2D eigenvalue weighted by Crippen LogP contribution is 2.53. The molecule has 2 saturated carbocycles. The van der Waals surface area contributed by atoms with Crippen LogP contribution in [-0.2, 0) is 7.05 Å². The van der Waals surface area contributed by atoms with E-state index in [1.54, 1.807) is 0 Å². The summed E-state index contributed by atoms with van der Waals surface area (Å²) in [5, 5.41) is 8.18. The van der Waals surface area contributed by atoms with Crippen molar-refractivity contribution in [3.8, 4) is 5.75 Å². The molecule has 0 aromatic carbocycles. The number of hydrogen-bond donors (Lipinski definition) is 1. The number of nitrogens with zero attached hydrogens (tertiary/aromatic N) is 2. The van der Waals surface area contributed by atoms with Gasteiger partial charge in [-0.15, -0.1) is 0 Å². The highest BCUT2D eigenvalue weighted by Gasteiger charge is 2.56. The predicted octanol–water partition coefficient (Wildman–Crippen LogP) is 3.12. The van der Waals surface area contributed by atoms with Crippen LogP contribution >= 0.6 is 0 Å². The van der Waals surface area contributed by atoms with E-state index in [0.717, 1.165) is 30.1 Å². The number of nitrogens with one attached hydrogen (secondary N) is 1. The van der Waals surface area contributed by atoms with Crippen LogP contribution in [0.25, 0.3) is 0 Å². The van der Waals surface area contributed by atoms with Gasteiger partial charge in [-0.25, -0.2) is 0 Å². The summed E-state index contributed by atoms with van der Waals surface area (Å²) in [4.78, 5) is 0. The molecule has 2 atom stereocenters. The van der Waals surface area contributed by atoms with Gasteiger partial charge in [-0.1, -0.05) is 26.2 Å². The Labute approximate surface area is 128 Å². The fourth-order valence-corrected chi connectivity index (χ4v) is 4.39. The van der Waals surface area contributed by atoms with Crippen molar-refractivity contribution in [3.63, 3.8) is 0 Å². The Kier molecular flexibility index (Phi) is 4.00. The normalized spacial score (nSPS) is 27.6. The topological polar surface area (TPSA) is 39.1 Å². The first-order valence-corrected chi connectivity index (χ1v) is 8.48. The van der Waals surface area contributed by atoms with Crippen LogP contribution in [0.2, 0.25) is 0 Å². The molecule has 1 aromatic rings. The van der Waals surface area contributed by atoms with Crippen molar-refractivity contribution in [2.75, 3.05) is 6.54 Å². The minimum atomic E-state index is 0.364. The summed E-state index contributed by atoms with van der Waals surface area (Å²) in [7, 11) is 1.99. The SMILES string of the molecule is CCNC1CC(Oc2c(C)nn(C)c2C)C12CCCCC2. The molecular weight excluding hydrogens is 262 g/mol. The van der Waals surface area contributed by atoms with Crippen molar-refractivity contribution in [1.82, 2.24) is 15.1 Å².